The molecular formula is C20H16Cl2F2N4O. The molecule has 2 N–H and O–H groups in total. The van der Waals surface area contributed by atoms with E-state index in [0.29, 0.717) is 13.1 Å². The Hall–Kier alpha value is -2.22. The second kappa shape index (κ2) is 6.65. The predicted octanol–water partition coefficient (Wildman–Crippen LogP) is 4.23. The number of rotatable bonds is 4. The van der Waals surface area contributed by atoms with E-state index in [1.807, 2.05) is 0 Å². The minimum atomic E-state index is -0.988. The first kappa shape index (κ1) is 18.8. The summed E-state index contributed by atoms with van der Waals surface area (Å²) < 4.78 is 31.5. The van der Waals surface area contributed by atoms with Crippen molar-refractivity contribution >= 4 is 39.8 Å². The molecule has 1 saturated heterocycles. The third-order valence-electron chi connectivity index (χ3n) is 5.58. The minimum Gasteiger partial charge on any atom is -0.371 e. The SMILES string of the molecule is O=c1c2c(F)c(NC3(c4c(F)ccc(Cl)c4Cl)CNC3)ccc2ncn1C1CC1. The highest BCUT2D eigenvalue weighted by Gasteiger charge is 2.43. The molecule has 0 bridgehead atoms. The van der Waals surface area contributed by atoms with Crippen LogP contribution in [0.5, 0.6) is 0 Å². The van der Waals surface area contributed by atoms with Crippen LogP contribution in [0, 0.1) is 11.6 Å². The Labute approximate surface area is 174 Å². The van der Waals surface area contributed by atoms with Crippen molar-refractivity contribution in [3.05, 3.63) is 68.2 Å². The third-order valence-corrected chi connectivity index (χ3v) is 6.38. The molecule has 29 heavy (non-hydrogen) atoms. The van der Waals surface area contributed by atoms with Crippen LogP contribution >= 0.6 is 23.2 Å². The monoisotopic (exact) mass is 436 g/mol. The van der Waals surface area contributed by atoms with Crippen LogP contribution in [0.2, 0.25) is 10.0 Å². The van der Waals surface area contributed by atoms with E-state index in [1.54, 1.807) is 6.07 Å². The normalized spacial score (nSPS) is 17.9. The Morgan fingerprint density at radius 1 is 1.17 bits per heavy atom. The van der Waals surface area contributed by atoms with Gasteiger partial charge < -0.3 is 10.6 Å². The van der Waals surface area contributed by atoms with Crippen molar-refractivity contribution in [2.75, 3.05) is 18.4 Å². The van der Waals surface area contributed by atoms with Crippen LogP contribution in [0.15, 0.2) is 35.4 Å². The van der Waals surface area contributed by atoms with Crippen molar-refractivity contribution in [3.63, 3.8) is 0 Å². The van der Waals surface area contributed by atoms with Crippen LogP contribution in [0.3, 0.4) is 0 Å². The number of anilines is 1. The minimum absolute atomic E-state index is 0.0792. The van der Waals surface area contributed by atoms with E-state index in [-0.39, 0.29) is 38.2 Å². The van der Waals surface area contributed by atoms with Gasteiger partial charge in [0.1, 0.15) is 11.2 Å². The summed E-state index contributed by atoms with van der Waals surface area (Å²) in [6.07, 6.45) is 3.23. The maximum atomic E-state index is 15.4. The van der Waals surface area contributed by atoms with Crippen molar-refractivity contribution in [2.45, 2.75) is 24.4 Å². The number of nitrogens with one attached hydrogen (secondary N) is 2. The zero-order valence-corrected chi connectivity index (χ0v) is 16.6. The lowest BCUT2D eigenvalue weighted by Crippen LogP contribution is -2.62. The summed E-state index contributed by atoms with van der Waals surface area (Å²) in [6, 6.07) is 5.78. The molecule has 2 heterocycles. The fraction of sp³-hybridized carbons (Fsp3) is 0.300. The van der Waals surface area contributed by atoms with E-state index in [0.717, 1.165) is 12.8 Å². The standard InChI is InChI=1S/C20H16Cl2F2N4O/c21-11-3-4-12(23)16(17(11)22)20(7-25-8-20)27-14-6-5-13-15(18(14)24)19(29)28(9-26-13)10-1-2-10/h3-6,9-10,25,27H,1-2,7-8H2. The second-order valence-electron chi connectivity index (χ2n) is 7.54. The van der Waals surface area contributed by atoms with E-state index in [4.69, 9.17) is 23.2 Å². The van der Waals surface area contributed by atoms with Gasteiger partial charge in [0.15, 0.2) is 5.82 Å². The lowest BCUT2D eigenvalue weighted by Gasteiger charge is -2.45. The third kappa shape index (κ3) is 2.91. The molecule has 1 aliphatic carbocycles. The highest BCUT2D eigenvalue weighted by Crippen LogP contribution is 2.40. The van der Waals surface area contributed by atoms with Gasteiger partial charge in [-0.15, -0.1) is 0 Å². The molecule has 2 aromatic carbocycles. The van der Waals surface area contributed by atoms with Crippen LogP contribution in [-0.4, -0.2) is 22.6 Å². The fourth-order valence-corrected chi connectivity index (χ4v) is 4.31. The number of benzene rings is 2. The van der Waals surface area contributed by atoms with Gasteiger partial charge in [-0.25, -0.2) is 13.8 Å². The van der Waals surface area contributed by atoms with Gasteiger partial charge in [-0.3, -0.25) is 9.36 Å². The predicted molar refractivity (Wildman–Crippen MR) is 109 cm³/mol. The van der Waals surface area contributed by atoms with E-state index in [2.05, 4.69) is 15.6 Å². The van der Waals surface area contributed by atoms with Crippen molar-refractivity contribution in [2.24, 2.45) is 0 Å². The molecule has 0 unspecified atom stereocenters. The summed E-state index contributed by atoms with van der Waals surface area (Å²) in [5.74, 6) is -1.24. The highest BCUT2D eigenvalue weighted by atomic mass is 35.5. The number of hydrogen-bond donors (Lipinski definition) is 2. The maximum Gasteiger partial charge on any atom is 0.264 e. The molecule has 0 amide bonds. The van der Waals surface area contributed by atoms with Gasteiger partial charge in [-0.2, -0.15) is 0 Å². The first-order chi connectivity index (χ1) is 13.9. The number of nitrogens with zero attached hydrogens (tertiary/aromatic N) is 2. The number of aromatic nitrogens is 2. The second-order valence-corrected chi connectivity index (χ2v) is 8.32. The molecule has 0 spiro atoms. The maximum absolute atomic E-state index is 15.4. The lowest BCUT2D eigenvalue weighted by atomic mass is 9.83. The van der Waals surface area contributed by atoms with Crippen LogP contribution in [0.4, 0.5) is 14.5 Å². The quantitative estimate of drug-likeness (QED) is 0.600. The summed E-state index contributed by atoms with van der Waals surface area (Å²) in [5.41, 5.74) is -0.860. The molecule has 3 aromatic rings. The number of halogens is 4. The van der Waals surface area contributed by atoms with Crippen molar-refractivity contribution in [3.8, 4) is 0 Å². The molecule has 5 nitrogen and oxygen atoms in total. The Kier molecular flexibility index (Phi) is 4.31. The highest BCUT2D eigenvalue weighted by molar-refractivity contribution is 6.42. The van der Waals surface area contributed by atoms with Gasteiger partial charge in [0.25, 0.3) is 5.56 Å². The van der Waals surface area contributed by atoms with Gasteiger partial charge in [0, 0.05) is 24.7 Å². The van der Waals surface area contributed by atoms with Gasteiger partial charge >= 0.3 is 0 Å². The van der Waals surface area contributed by atoms with Crippen molar-refractivity contribution in [1.29, 1.82) is 0 Å². The largest absolute Gasteiger partial charge is 0.371 e. The molecule has 5 rings (SSSR count). The van der Waals surface area contributed by atoms with Crippen molar-refractivity contribution in [1.82, 2.24) is 14.9 Å². The molecular weight excluding hydrogens is 421 g/mol. The zero-order valence-electron chi connectivity index (χ0n) is 15.1. The summed E-state index contributed by atoms with van der Waals surface area (Å²) >= 11 is 12.4. The van der Waals surface area contributed by atoms with Crippen LogP contribution in [0.1, 0.15) is 24.4 Å². The molecule has 0 radical (unpaired) electrons. The van der Waals surface area contributed by atoms with Gasteiger partial charge in [0.05, 0.1) is 33.1 Å². The van der Waals surface area contributed by atoms with Crippen molar-refractivity contribution < 1.29 is 8.78 Å². The molecule has 1 saturated carbocycles. The summed E-state index contributed by atoms with van der Waals surface area (Å²) in [7, 11) is 0. The average molecular weight is 437 g/mol. The van der Waals surface area contributed by atoms with E-state index in [1.165, 1.54) is 29.1 Å². The topological polar surface area (TPSA) is 59.0 Å². The molecule has 2 fully saturated rings. The Bertz CT molecular complexity index is 1210. The molecule has 1 aliphatic heterocycles. The molecule has 1 aromatic heterocycles. The van der Waals surface area contributed by atoms with Gasteiger partial charge in [-0.05, 0) is 37.1 Å². The zero-order chi connectivity index (χ0) is 20.3. The molecule has 2 aliphatic rings. The molecule has 0 atom stereocenters. The van der Waals surface area contributed by atoms with Crippen LogP contribution in [-0.2, 0) is 5.54 Å². The van der Waals surface area contributed by atoms with E-state index >= 15 is 4.39 Å². The summed E-state index contributed by atoms with van der Waals surface area (Å²) in [5, 5.41) is 6.35. The Morgan fingerprint density at radius 2 is 1.93 bits per heavy atom. The Morgan fingerprint density at radius 3 is 2.59 bits per heavy atom. The number of hydrogen-bond acceptors (Lipinski definition) is 4. The summed E-state index contributed by atoms with van der Waals surface area (Å²) in [6.45, 7) is 0.640. The molecule has 150 valence electrons. The summed E-state index contributed by atoms with van der Waals surface area (Å²) in [4.78, 5) is 17.0. The average Bonchev–Trinajstić information content (AvgIpc) is 3.50. The fourth-order valence-electron chi connectivity index (χ4n) is 3.82. The van der Waals surface area contributed by atoms with Crippen LogP contribution in [0.25, 0.3) is 10.9 Å². The molecule has 9 heteroatoms. The Balaban J connectivity index is 1.63. The van der Waals surface area contributed by atoms with E-state index in [9.17, 15) is 9.18 Å². The first-order valence-electron chi connectivity index (χ1n) is 9.23. The van der Waals surface area contributed by atoms with E-state index < -0.39 is 22.7 Å². The van der Waals surface area contributed by atoms with Gasteiger partial charge in [0.2, 0.25) is 0 Å². The van der Waals surface area contributed by atoms with Gasteiger partial charge in [-0.1, -0.05) is 23.2 Å². The number of fused-ring (bicyclic) bond motifs is 1. The lowest BCUT2D eigenvalue weighted by molar-refractivity contribution is 0.306. The van der Waals surface area contributed by atoms with Crippen LogP contribution < -0.4 is 16.2 Å². The smallest absolute Gasteiger partial charge is 0.264 e. The first-order valence-corrected chi connectivity index (χ1v) is 9.99.